The van der Waals surface area contributed by atoms with E-state index >= 15 is 0 Å². The number of rotatable bonds is 4. The second-order valence-corrected chi connectivity index (χ2v) is 3.61. The first-order valence-electron chi connectivity index (χ1n) is 4.92. The highest BCUT2D eigenvalue weighted by molar-refractivity contribution is 5.26. The van der Waals surface area contributed by atoms with Crippen LogP contribution in [0.2, 0.25) is 0 Å². The zero-order valence-electron chi connectivity index (χ0n) is 8.88. The van der Waals surface area contributed by atoms with Gasteiger partial charge in [-0.3, -0.25) is 0 Å². The van der Waals surface area contributed by atoms with Crippen molar-refractivity contribution in [3.05, 3.63) is 35.4 Å². The van der Waals surface area contributed by atoms with Gasteiger partial charge in [0, 0.05) is 6.54 Å². The lowest BCUT2D eigenvalue weighted by molar-refractivity contribution is -0.137. The van der Waals surface area contributed by atoms with E-state index in [1.165, 1.54) is 6.07 Å². The highest BCUT2D eigenvalue weighted by Crippen LogP contribution is 2.29. The molecule has 1 aromatic rings. The molecule has 0 aliphatic rings. The molecule has 0 amide bonds. The molecule has 90 valence electrons. The van der Waals surface area contributed by atoms with Crippen LogP contribution in [0, 0.1) is 0 Å². The van der Waals surface area contributed by atoms with Gasteiger partial charge in [0.05, 0.1) is 11.7 Å². The maximum absolute atomic E-state index is 12.4. The van der Waals surface area contributed by atoms with Crippen molar-refractivity contribution in [3.8, 4) is 0 Å². The molecule has 2 N–H and O–H groups in total. The third kappa shape index (κ3) is 3.83. The molecule has 0 aliphatic heterocycles. The van der Waals surface area contributed by atoms with Crippen LogP contribution in [-0.4, -0.2) is 24.8 Å². The fourth-order valence-electron chi connectivity index (χ4n) is 1.45. The average molecular weight is 233 g/mol. The fourth-order valence-corrected chi connectivity index (χ4v) is 1.45. The maximum atomic E-state index is 12.4. The van der Waals surface area contributed by atoms with E-state index in [1.54, 1.807) is 13.1 Å². The Balaban J connectivity index is 2.75. The van der Waals surface area contributed by atoms with Crippen LogP contribution in [-0.2, 0) is 12.6 Å². The van der Waals surface area contributed by atoms with Crippen molar-refractivity contribution in [2.24, 2.45) is 0 Å². The minimum absolute atomic E-state index is 0.213. The molecule has 0 spiro atoms. The van der Waals surface area contributed by atoms with Gasteiger partial charge in [-0.1, -0.05) is 18.2 Å². The third-order valence-electron chi connectivity index (χ3n) is 2.17. The lowest BCUT2D eigenvalue weighted by atomic mass is 10.0. The molecule has 0 saturated heterocycles. The zero-order chi connectivity index (χ0) is 12.2. The standard InChI is InChI=1S/C11H14F3NO/c1-15-7-10(16)6-8-3-2-4-9(5-8)11(12,13)14/h2-5,10,15-16H,6-7H2,1H3. The molecule has 0 heterocycles. The van der Waals surface area contributed by atoms with Crippen molar-refractivity contribution in [3.63, 3.8) is 0 Å². The second-order valence-electron chi connectivity index (χ2n) is 3.61. The van der Waals surface area contributed by atoms with E-state index < -0.39 is 17.8 Å². The number of likely N-dealkylation sites (N-methyl/N-ethyl adjacent to an activating group) is 1. The summed E-state index contributed by atoms with van der Waals surface area (Å²) in [6, 6.07) is 5.02. The summed E-state index contributed by atoms with van der Waals surface area (Å²) in [5, 5.41) is 12.2. The van der Waals surface area contributed by atoms with E-state index in [1.807, 2.05) is 0 Å². The van der Waals surface area contributed by atoms with Gasteiger partial charge in [0.1, 0.15) is 0 Å². The molecule has 1 aromatic carbocycles. The van der Waals surface area contributed by atoms with E-state index in [2.05, 4.69) is 5.32 Å². The summed E-state index contributed by atoms with van der Waals surface area (Å²) < 4.78 is 37.1. The smallest absolute Gasteiger partial charge is 0.391 e. The minimum atomic E-state index is -4.33. The molecular weight excluding hydrogens is 219 g/mol. The number of aliphatic hydroxyl groups excluding tert-OH is 1. The molecule has 0 aliphatic carbocycles. The molecule has 0 fully saturated rings. The lowest BCUT2D eigenvalue weighted by Crippen LogP contribution is -2.25. The van der Waals surface area contributed by atoms with Gasteiger partial charge < -0.3 is 10.4 Å². The average Bonchev–Trinajstić information content (AvgIpc) is 2.17. The first-order chi connectivity index (χ1) is 7.43. The molecule has 0 aromatic heterocycles. The first kappa shape index (κ1) is 13.0. The number of alkyl halides is 3. The lowest BCUT2D eigenvalue weighted by Gasteiger charge is -2.12. The van der Waals surface area contributed by atoms with Crippen LogP contribution in [0.5, 0.6) is 0 Å². The second kappa shape index (κ2) is 5.32. The largest absolute Gasteiger partial charge is 0.416 e. The summed E-state index contributed by atoms with van der Waals surface area (Å²) in [6.45, 7) is 0.357. The highest BCUT2D eigenvalue weighted by Gasteiger charge is 2.30. The Morgan fingerprint density at radius 1 is 1.38 bits per heavy atom. The number of aliphatic hydroxyl groups is 1. The first-order valence-corrected chi connectivity index (χ1v) is 4.92. The van der Waals surface area contributed by atoms with Crippen molar-refractivity contribution in [2.75, 3.05) is 13.6 Å². The SMILES string of the molecule is CNCC(O)Cc1cccc(C(F)(F)F)c1. The summed E-state index contributed by atoms with van der Waals surface area (Å²) in [5.74, 6) is 0. The summed E-state index contributed by atoms with van der Waals surface area (Å²) in [6.07, 6.45) is -4.79. The Bertz CT molecular complexity index is 338. The fraction of sp³-hybridized carbons (Fsp3) is 0.455. The Labute approximate surface area is 92.1 Å². The van der Waals surface area contributed by atoms with Gasteiger partial charge in [0.25, 0.3) is 0 Å². The molecule has 1 rings (SSSR count). The Hall–Kier alpha value is -1.07. The summed E-state index contributed by atoms with van der Waals surface area (Å²) in [4.78, 5) is 0. The molecule has 2 nitrogen and oxygen atoms in total. The molecule has 5 heteroatoms. The van der Waals surface area contributed by atoms with Crippen LogP contribution >= 0.6 is 0 Å². The normalized spacial score (nSPS) is 13.8. The van der Waals surface area contributed by atoms with Crippen molar-refractivity contribution < 1.29 is 18.3 Å². The zero-order valence-corrected chi connectivity index (χ0v) is 8.88. The van der Waals surface area contributed by atoms with Gasteiger partial charge in [-0.2, -0.15) is 13.2 Å². The third-order valence-corrected chi connectivity index (χ3v) is 2.17. The van der Waals surface area contributed by atoms with E-state index in [0.29, 0.717) is 12.1 Å². The van der Waals surface area contributed by atoms with Crippen LogP contribution < -0.4 is 5.32 Å². The van der Waals surface area contributed by atoms with Crippen LogP contribution in [0.1, 0.15) is 11.1 Å². The molecule has 0 bridgehead atoms. The quantitative estimate of drug-likeness (QED) is 0.831. The topological polar surface area (TPSA) is 32.3 Å². The summed E-state index contributed by atoms with van der Waals surface area (Å²) >= 11 is 0. The molecule has 0 radical (unpaired) electrons. The van der Waals surface area contributed by atoms with Crippen LogP contribution in [0.25, 0.3) is 0 Å². The predicted molar refractivity (Wildman–Crippen MR) is 55.1 cm³/mol. The molecule has 1 atom stereocenters. The molecule has 1 unspecified atom stereocenters. The number of hydrogen-bond acceptors (Lipinski definition) is 2. The number of halogens is 3. The van der Waals surface area contributed by atoms with Crippen LogP contribution in [0.3, 0.4) is 0 Å². The van der Waals surface area contributed by atoms with E-state index in [0.717, 1.165) is 12.1 Å². The Morgan fingerprint density at radius 2 is 2.06 bits per heavy atom. The van der Waals surface area contributed by atoms with E-state index in [9.17, 15) is 18.3 Å². The van der Waals surface area contributed by atoms with E-state index in [-0.39, 0.29) is 6.42 Å². The summed E-state index contributed by atoms with van der Waals surface area (Å²) in [7, 11) is 1.68. The maximum Gasteiger partial charge on any atom is 0.416 e. The Morgan fingerprint density at radius 3 is 2.62 bits per heavy atom. The van der Waals surface area contributed by atoms with Gasteiger partial charge in [-0.05, 0) is 25.1 Å². The van der Waals surface area contributed by atoms with Crippen LogP contribution in [0.4, 0.5) is 13.2 Å². The molecular formula is C11H14F3NO. The Kier molecular flexibility index (Phi) is 4.32. The van der Waals surface area contributed by atoms with Gasteiger partial charge in [0.15, 0.2) is 0 Å². The van der Waals surface area contributed by atoms with Crippen molar-refractivity contribution in [1.82, 2.24) is 5.32 Å². The molecule has 0 saturated carbocycles. The van der Waals surface area contributed by atoms with Crippen molar-refractivity contribution in [2.45, 2.75) is 18.7 Å². The summed E-state index contributed by atoms with van der Waals surface area (Å²) in [5.41, 5.74) is -0.195. The molecule has 16 heavy (non-hydrogen) atoms. The van der Waals surface area contributed by atoms with Gasteiger partial charge >= 0.3 is 6.18 Å². The van der Waals surface area contributed by atoms with Crippen molar-refractivity contribution >= 4 is 0 Å². The van der Waals surface area contributed by atoms with Crippen LogP contribution in [0.15, 0.2) is 24.3 Å². The highest BCUT2D eigenvalue weighted by atomic mass is 19.4. The monoisotopic (exact) mass is 233 g/mol. The number of nitrogens with one attached hydrogen (secondary N) is 1. The van der Waals surface area contributed by atoms with Crippen molar-refractivity contribution in [1.29, 1.82) is 0 Å². The van der Waals surface area contributed by atoms with Gasteiger partial charge in [0.2, 0.25) is 0 Å². The number of benzene rings is 1. The predicted octanol–water partition coefficient (Wildman–Crippen LogP) is 1.83. The van der Waals surface area contributed by atoms with Gasteiger partial charge in [-0.15, -0.1) is 0 Å². The van der Waals surface area contributed by atoms with Gasteiger partial charge in [-0.25, -0.2) is 0 Å². The minimum Gasteiger partial charge on any atom is -0.391 e. The van der Waals surface area contributed by atoms with E-state index in [4.69, 9.17) is 0 Å². The number of hydrogen-bond donors (Lipinski definition) is 2.